The Bertz CT molecular complexity index is 1310. The van der Waals surface area contributed by atoms with Gasteiger partial charge in [0.1, 0.15) is 13.2 Å². The summed E-state index contributed by atoms with van der Waals surface area (Å²) in [5, 5.41) is 1.61. The van der Waals surface area contributed by atoms with E-state index in [0.29, 0.717) is 11.3 Å². The Kier molecular flexibility index (Phi) is 7.64. The van der Waals surface area contributed by atoms with Crippen LogP contribution in [0.5, 0.6) is 0 Å². The molecule has 0 aliphatic carbocycles. The summed E-state index contributed by atoms with van der Waals surface area (Å²) in [5.74, 6) is 0.513. The van der Waals surface area contributed by atoms with E-state index in [9.17, 15) is 9.59 Å². The molecule has 0 saturated heterocycles. The molecule has 2 amide bonds. The quantitative estimate of drug-likeness (QED) is 0.285. The van der Waals surface area contributed by atoms with Crippen LogP contribution in [0.4, 0.5) is 15.4 Å². The fourth-order valence-electron chi connectivity index (χ4n) is 4.55. The predicted octanol–water partition coefficient (Wildman–Crippen LogP) is 7.46. The summed E-state index contributed by atoms with van der Waals surface area (Å²) in [7, 11) is 0. The van der Waals surface area contributed by atoms with E-state index in [2.05, 4.69) is 25.8 Å². The second-order valence-electron chi connectivity index (χ2n) is 9.03. The van der Waals surface area contributed by atoms with Crippen LogP contribution in [0, 0.1) is 13.8 Å². The number of benzene rings is 3. The number of ether oxygens (including phenoxy) is 2. The number of nitrogens with zero attached hydrogens (tertiary/aromatic N) is 2. The summed E-state index contributed by atoms with van der Waals surface area (Å²) in [6, 6.07) is 22.5. The van der Waals surface area contributed by atoms with Crippen LogP contribution in [0.25, 0.3) is 10.8 Å². The topological polar surface area (TPSA) is 68.7 Å². The van der Waals surface area contributed by atoms with E-state index < -0.39 is 12.2 Å². The molecule has 1 heterocycles. The summed E-state index contributed by atoms with van der Waals surface area (Å²) in [4.78, 5) is 32.0. The lowest BCUT2D eigenvalue weighted by atomic mass is 9.89. The molecular formula is C30H30N2O4. The highest BCUT2D eigenvalue weighted by Crippen LogP contribution is 2.34. The zero-order valence-corrected chi connectivity index (χ0v) is 21.0. The first kappa shape index (κ1) is 24.9. The molecule has 4 aromatic rings. The van der Waals surface area contributed by atoms with Gasteiger partial charge in [0.25, 0.3) is 0 Å². The zero-order valence-electron chi connectivity index (χ0n) is 21.0. The maximum absolute atomic E-state index is 13.3. The van der Waals surface area contributed by atoms with Gasteiger partial charge in [0.2, 0.25) is 0 Å². The summed E-state index contributed by atoms with van der Waals surface area (Å²) >= 11 is 0. The number of rotatable bonds is 6. The molecule has 184 valence electrons. The van der Waals surface area contributed by atoms with Crippen LogP contribution in [0.2, 0.25) is 0 Å². The molecule has 0 aliphatic heterocycles. The van der Waals surface area contributed by atoms with Crippen LogP contribution in [0.15, 0.2) is 79.0 Å². The average Bonchev–Trinajstić information content (AvgIpc) is 2.88. The molecule has 6 nitrogen and oxygen atoms in total. The Morgan fingerprint density at radius 2 is 1.33 bits per heavy atom. The minimum absolute atomic E-state index is 0.0163. The van der Waals surface area contributed by atoms with Gasteiger partial charge in [-0.25, -0.2) is 14.6 Å². The Morgan fingerprint density at radius 1 is 0.806 bits per heavy atom. The van der Waals surface area contributed by atoms with Gasteiger partial charge in [-0.1, -0.05) is 74.5 Å². The number of aromatic nitrogens is 1. The molecule has 0 atom stereocenters. The number of amides is 2. The van der Waals surface area contributed by atoms with Gasteiger partial charge >= 0.3 is 12.2 Å². The van der Waals surface area contributed by atoms with Gasteiger partial charge in [0.05, 0.1) is 0 Å². The number of imide groups is 1. The Hall–Kier alpha value is -4.19. The van der Waals surface area contributed by atoms with Gasteiger partial charge in [0, 0.05) is 11.6 Å². The summed E-state index contributed by atoms with van der Waals surface area (Å²) in [6.07, 6.45) is -0.0909. The Labute approximate surface area is 211 Å². The summed E-state index contributed by atoms with van der Waals surface area (Å²) in [6.45, 7) is 8.42. The van der Waals surface area contributed by atoms with Crippen molar-refractivity contribution in [2.75, 3.05) is 4.90 Å². The maximum atomic E-state index is 13.3. The molecule has 0 saturated carbocycles. The molecule has 0 fully saturated rings. The lowest BCUT2D eigenvalue weighted by molar-refractivity contribution is 0.127. The number of carbonyl (C=O) groups is 2. The highest BCUT2D eigenvalue weighted by molar-refractivity contribution is 6.14. The minimum Gasteiger partial charge on any atom is -0.444 e. The van der Waals surface area contributed by atoms with Crippen molar-refractivity contribution in [1.82, 2.24) is 4.98 Å². The fourth-order valence-corrected chi connectivity index (χ4v) is 4.55. The van der Waals surface area contributed by atoms with Crippen LogP contribution in [0.1, 0.15) is 47.6 Å². The number of fused-ring (bicyclic) bond motifs is 1. The van der Waals surface area contributed by atoms with Crippen molar-refractivity contribution in [3.63, 3.8) is 0 Å². The molecule has 6 heteroatoms. The molecule has 0 aliphatic rings. The van der Waals surface area contributed by atoms with E-state index in [4.69, 9.17) is 9.47 Å². The van der Waals surface area contributed by atoms with Crippen molar-refractivity contribution in [2.45, 2.75) is 46.8 Å². The third-order valence-electron chi connectivity index (χ3n) is 6.13. The first-order valence-corrected chi connectivity index (χ1v) is 12.0. The predicted molar refractivity (Wildman–Crippen MR) is 141 cm³/mol. The van der Waals surface area contributed by atoms with Crippen LogP contribution in [-0.4, -0.2) is 17.2 Å². The third-order valence-corrected chi connectivity index (χ3v) is 6.13. The van der Waals surface area contributed by atoms with Crippen LogP contribution >= 0.6 is 0 Å². The summed E-state index contributed by atoms with van der Waals surface area (Å²) < 4.78 is 11.1. The number of anilines is 1. The minimum atomic E-state index is -0.847. The second-order valence-corrected chi connectivity index (χ2v) is 9.03. The van der Waals surface area contributed by atoms with Gasteiger partial charge in [-0.2, -0.15) is 4.90 Å². The number of hydrogen-bond donors (Lipinski definition) is 0. The third kappa shape index (κ3) is 5.38. The van der Waals surface area contributed by atoms with Crippen LogP contribution < -0.4 is 4.90 Å². The standard InChI is InChI=1S/C30H30N2O4/c1-20(2)27-21(3)17-26-25(22(27)4)15-16-31-28(26)32(29(33)35-18-23-11-7-5-8-12-23)30(34)36-19-24-13-9-6-10-14-24/h5-17,20H,18-19H2,1-4H3. The smallest absolute Gasteiger partial charge is 0.425 e. The Balaban J connectivity index is 1.72. The monoisotopic (exact) mass is 482 g/mol. The van der Waals surface area contributed by atoms with Crippen molar-refractivity contribution >= 4 is 28.8 Å². The van der Waals surface area contributed by atoms with E-state index in [1.54, 1.807) is 6.20 Å². The number of carbonyl (C=O) groups excluding carboxylic acids is 2. The van der Waals surface area contributed by atoms with Crippen molar-refractivity contribution in [3.05, 3.63) is 107 Å². The molecule has 3 aromatic carbocycles. The largest absolute Gasteiger partial charge is 0.444 e. The second kappa shape index (κ2) is 11.0. The first-order chi connectivity index (χ1) is 17.4. The molecular weight excluding hydrogens is 452 g/mol. The number of hydrogen-bond acceptors (Lipinski definition) is 5. The number of aryl methyl sites for hydroxylation is 2. The lowest BCUT2D eigenvalue weighted by Crippen LogP contribution is -2.38. The zero-order chi connectivity index (χ0) is 25.7. The first-order valence-electron chi connectivity index (χ1n) is 12.0. The molecule has 4 rings (SSSR count). The van der Waals surface area contributed by atoms with Gasteiger partial charge in [-0.15, -0.1) is 0 Å². The highest BCUT2D eigenvalue weighted by Gasteiger charge is 2.30. The SMILES string of the molecule is Cc1cc2c(N(C(=O)OCc3ccccc3)C(=O)OCc3ccccc3)nccc2c(C)c1C(C)C. The fraction of sp³-hybridized carbons (Fsp3) is 0.233. The molecule has 1 aromatic heterocycles. The molecule has 0 bridgehead atoms. The Morgan fingerprint density at radius 3 is 1.83 bits per heavy atom. The molecule has 36 heavy (non-hydrogen) atoms. The van der Waals surface area contributed by atoms with Gasteiger partial charge in [0.15, 0.2) is 5.82 Å². The molecule has 0 unspecified atom stereocenters. The molecule has 0 spiro atoms. The van der Waals surface area contributed by atoms with Crippen LogP contribution in [0.3, 0.4) is 0 Å². The van der Waals surface area contributed by atoms with Crippen molar-refractivity contribution in [1.29, 1.82) is 0 Å². The van der Waals surface area contributed by atoms with Crippen molar-refractivity contribution < 1.29 is 19.1 Å². The normalized spacial score (nSPS) is 10.9. The summed E-state index contributed by atoms with van der Waals surface area (Å²) in [5.41, 5.74) is 5.02. The number of pyridine rings is 1. The van der Waals surface area contributed by atoms with Gasteiger partial charge in [-0.05, 0) is 65.1 Å². The van der Waals surface area contributed by atoms with E-state index in [0.717, 1.165) is 32.5 Å². The van der Waals surface area contributed by atoms with Crippen molar-refractivity contribution in [2.24, 2.45) is 0 Å². The van der Waals surface area contributed by atoms with Crippen LogP contribution in [-0.2, 0) is 22.7 Å². The van der Waals surface area contributed by atoms with Crippen molar-refractivity contribution in [3.8, 4) is 0 Å². The van der Waals surface area contributed by atoms with Gasteiger partial charge < -0.3 is 9.47 Å². The van der Waals surface area contributed by atoms with E-state index in [-0.39, 0.29) is 19.0 Å². The molecule has 0 N–H and O–H groups in total. The van der Waals surface area contributed by atoms with Gasteiger partial charge in [-0.3, -0.25) is 0 Å². The van der Waals surface area contributed by atoms with E-state index in [1.807, 2.05) is 79.7 Å². The highest BCUT2D eigenvalue weighted by atomic mass is 16.6. The van der Waals surface area contributed by atoms with E-state index in [1.165, 1.54) is 5.56 Å². The average molecular weight is 483 g/mol. The lowest BCUT2D eigenvalue weighted by Gasteiger charge is -2.23. The molecule has 0 radical (unpaired) electrons. The maximum Gasteiger partial charge on any atom is 0.425 e. The van der Waals surface area contributed by atoms with E-state index >= 15 is 0 Å².